The highest BCUT2D eigenvalue weighted by Gasteiger charge is 2.45. The molecule has 1 aliphatic rings. The summed E-state index contributed by atoms with van der Waals surface area (Å²) >= 11 is 0. The van der Waals surface area contributed by atoms with Gasteiger partial charge in [-0.2, -0.15) is 0 Å². The lowest BCUT2D eigenvalue weighted by Gasteiger charge is -2.24. The standard InChI is InChI=1S/C16H15F2N/c17-16(18,9-10-19)15-13-7-3-1-5-11(13)12-6-2-4-8-14(12)15/h1-8,15H,9-10,19H2. The van der Waals surface area contributed by atoms with Gasteiger partial charge < -0.3 is 5.73 Å². The largest absolute Gasteiger partial charge is 0.330 e. The van der Waals surface area contributed by atoms with Crippen LogP contribution in [0, 0.1) is 0 Å². The molecule has 0 spiro atoms. The zero-order valence-corrected chi connectivity index (χ0v) is 10.4. The summed E-state index contributed by atoms with van der Waals surface area (Å²) in [6, 6.07) is 14.8. The lowest BCUT2D eigenvalue weighted by molar-refractivity contribution is -0.0205. The second-order valence-corrected chi connectivity index (χ2v) is 4.91. The van der Waals surface area contributed by atoms with Crippen LogP contribution in [0.1, 0.15) is 23.5 Å². The summed E-state index contributed by atoms with van der Waals surface area (Å²) in [7, 11) is 0. The fraction of sp³-hybridized carbons (Fsp3) is 0.250. The molecule has 0 saturated heterocycles. The zero-order valence-electron chi connectivity index (χ0n) is 10.4. The second-order valence-electron chi connectivity index (χ2n) is 4.91. The van der Waals surface area contributed by atoms with E-state index in [4.69, 9.17) is 5.73 Å². The molecular weight excluding hydrogens is 244 g/mol. The third kappa shape index (κ3) is 1.85. The Morgan fingerprint density at radius 3 is 1.84 bits per heavy atom. The number of halogens is 2. The maximum Gasteiger partial charge on any atom is 0.260 e. The van der Waals surface area contributed by atoms with Gasteiger partial charge in [0, 0.05) is 6.42 Å². The summed E-state index contributed by atoms with van der Waals surface area (Å²) in [5.74, 6) is -3.68. The van der Waals surface area contributed by atoms with Crippen LogP contribution in [-0.4, -0.2) is 12.5 Å². The minimum atomic E-state index is -2.81. The Hall–Kier alpha value is -1.74. The molecular formula is C16H15F2N. The van der Waals surface area contributed by atoms with E-state index in [0.29, 0.717) is 11.1 Å². The van der Waals surface area contributed by atoms with Gasteiger partial charge in [-0.25, -0.2) is 8.78 Å². The number of nitrogens with two attached hydrogens (primary N) is 1. The Balaban J connectivity index is 2.20. The van der Waals surface area contributed by atoms with Crippen LogP contribution in [-0.2, 0) is 0 Å². The van der Waals surface area contributed by atoms with Gasteiger partial charge in [0.1, 0.15) is 0 Å². The molecule has 0 radical (unpaired) electrons. The molecule has 3 heteroatoms. The summed E-state index contributed by atoms with van der Waals surface area (Å²) in [5, 5.41) is 0. The average molecular weight is 259 g/mol. The highest BCUT2D eigenvalue weighted by Crippen LogP contribution is 2.52. The molecule has 0 aliphatic heterocycles. The first-order valence-corrected chi connectivity index (χ1v) is 6.41. The molecule has 0 aromatic heterocycles. The van der Waals surface area contributed by atoms with Crippen LogP contribution in [0.15, 0.2) is 48.5 Å². The van der Waals surface area contributed by atoms with Gasteiger partial charge in [0.05, 0.1) is 5.92 Å². The molecule has 2 aromatic carbocycles. The molecule has 0 amide bonds. The lowest BCUT2D eigenvalue weighted by atomic mass is 9.88. The normalized spacial score (nSPS) is 14.3. The number of hydrogen-bond donors (Lipinski definition) is 1. The van der Waals surface area contributed by atoms with Gasteiger partial charge >= 0.3 is 0 Å². The molecule has 98 valence electrons. The van der Waals surface area contributed by atoms with Crippen molar-refractivity contribution in [3.8, 4) is 11.1 Å². The van der Waals surface area contributed by atoms with Crippen molar-refractivity contribution in [2.45, 2.75) is 18.3 Å². The number of benzene rings is 2. The third-order valence-corrected chi connectivity index (χ3v) is 3.73. The molecule has 0 saturated carbocycles. The van der Waals surface area contributed by atoms with Crippen molar-refractivity contribution >= 4 is 0 Å². The predicted octanol–water partition coefficient (Wildman–Crippen LogP) is 3.78. The van der Waals surface area contributed by atoms with Crippen LogP contribution in [0.25, 0.3) is 11.1 Å². The van der Waals surface area contributed by atoms with E-state index in [9.17, 15) is 8.78 Å². The molecule has 0 fully saturated rings. The smallest absolute Gasteiger partial charge is 0.260 e. The van der Waals surface area contributed by atoms with E-state index in [2.05, 4.69) is 0 Å². The van der Waals surface area contributed by atoms with E-state index in [1.54, 1.807) is 12.1 Å². The molecule has 0 atom stereocenters. The van der Waals surface area contributed by atoms with Crippen LogP contribution in [0.3, 0.4) is 0 Å². The topological polar surface area (TPSA) is 26.0 Å². The summed E-state index contributed by atoms with van der Waals surface area (Å²) in [4.78, 5) is 0. The van der Waals surface area contributed by atoms with Gasteiger partial charge in [-0.15, -0.1) is 0 Å². The van der Waals surface area contributed by atoms with E-state index in [-0.39, 0.29) is 13.0 Å². The third-order valence-electron chi connectivity index (χ3n) is 3.73. The quantitative estimate of drug-likeness (QED) is 0.891. The Bertz CT molecular complexity index is 562. The number of alkyl halides is 2. The minimum Gasteiger partial charge on any atom is -0.330 e. The van der Waals surface area contributed by atoms with E-state index in [1.807, 2.05) is 36.4 Å². The van der Waals surface area contributed by atoms with Crippen molar-refractivity contribution in [1.29, 1.82) is 0 Å². The summed E-state index contributed by atoms with van der Waals surface area (Å²) in [6.07, 6.45) is -0.291. The Morgan fingerprint density at radius 2 is 1.37 bits per heavy atom. The van der Waals surface area contributed by atoms with Crippen molar-refractivity contribution in [2.24, 2.45) is 5.73 Å². The Labute approximate surface area is 111 Å². The maximum atomic E-state index is 14.4. The van der Waals surface area contributed by atoms with Gasteiger partial charge in [0.2, 0.25) is 0 Å². The van der Waals surface area contributed by atoms with Gasteiger partial charge in [0.25, 0.3) is 5.92 Å². The molecule has 1 aliphatic carbocycles. The lowest BCUT2D eigenvalue weighted by Crippen LogP contribution is -2.29. The monoisotopic (exact) mass is 259 g/mol. The molecule has 0 bridgehead atoms. The SMILES string of the molecule is NCCC(F)(F)C1c2ccccc2-c2ccccc21. The van der Waals surface area contributed by atoms with Gasteiger partial charge in [-0.3, -0.25) is 0 Å². The number of fused-ring (bicyclic) bond motifs is 3. The van der Waals surface area contributed by atoms with E-state index < -0.39 is 11.8 Å². The first kappa shape index (κ1) is 12.3. The molecule has 2 N–H and O–H groups in total. The maximum absolute atomic E-state index is 14.4. The van der Waals surface area contributed by atoms with Gasteiger partial charge in [-0.05, 0) is 28.8 Å². The number of hydrogen-bond acceptors (Lipinski definition) is 1. The van der Waals surface area contributed by atoms with Gasteiger partial charge in [0.15, 0.2) is 0 Å². The Kier molecular flexibility index (Phi) is 2.86. The first-order chi connectivity index (χ1) is 9.15. The second kappa shape index (κ2) is 4.42. The molecule has 19 heavy (non-hydrogen) atoms. The summed E-state index contributed by atoms with van der Waals surface area (Å²) in [5.41, 5.74) is 8.60. The van der Waals surface area contributed by atoms with Crippen LogP contribution in [0.4, 0.5) is 8.78 Å². The van der Waals surface area contributed by atoms with Crippen molar-refractivity contribution < 1.29 is 8.78 Å². The van der Waals surface area contributed by atoms with Crippen LogP contribution >= 0.6 is 0 Å². The van der Waals surface area contributed by atoms with Crippen LogP contribution in [0.2, 0.25) is 0 Å². The Morgan fingerprint density at radius 1 is 0.895 bits per heavy atom. The summed E-state index contributed by atoms with van der Waals surface area (Å²) < 4.78 is 28.8. The van der Waals surface area contributed by atoms with Crippen molar-refractivity contribution in [2.75, 3.05) is 6.54 Å². The molecule has 2 aromatic rings. The predicted molar refractivity (Wildman–Crippen MR) is 72.3 cm³/mol. The molecule has 3 rings (SSSR count). The van der Waals surface area contributed by atoms with Gasteiger partial charge in [-0.1, -0.05) is 48.5 Å². The fourth-order valence-corrected chi connectivity index (χ4v) is 2.95. The van der Waals surface area contributed by atoms with Crippen molar-refractivity contribution in [3.63, 3.8) is 0 Å². The average Bonchev–Trinajstić information content (AvgIpc) is 2.74. The molecule has 1 nitrogen and oxygen atoms in total. The van der Waals surface area contributed by atoms with Crippen LogP contribution < -0.4 is 5.73 Å². The fourth-order valence-electron chi connectivity index (χ4n) is 2.95. The highest BCUT2D eigenvalue weighted by molar-refractivity contribution is 5.79. The number of rotatable bonds is 3. The molecule has 0 heterocycles. The van der Waals surface area contributed by atoms with Crippen molar-refractivity contribution in [1.82, 2.24) is 0 Å². The van der Waals surface area contributed by atoms with Crippen molar-refractivity contribution in [3.05, 3.63) is 59.7 Å². The summed E-state index contributed by atoms with van der Waals surface area (Å²) in [6.45, 7) is -0.00612. The van der Waals surface area contributed by atoms with E-state index in [1.165, 1.54) is 0 Å². The van der Waals surface area contributed by atoms with E-state index >= 15 is 0 Å². The van der Waals surface area contributed by atoms with Crippen LogP contribution in [0.5, 0.6) is 0 Å². The van der Waals surface area contributed by atoms with E-state index in [0.717, 1.165) is 11.1 Å². The first-order valence-electron chi connectivity index (χ1n) is 6.41. The molecule has 0 unspecified atom stereocenters. The minimum absolute atomic E-state index is 0.00612. The zero-order chi connectivity index (χ0) is 13.5. The highest BCUT2D eigenvalue weighted by atomic mass is 19.3.